The molecule has 0 fully saturated rings. The van der Waals surface area contributed by atoms with Gasteiger partial charge in [0, 0.05) is 0 Å². The van der Waals surface area contributed by atoms with Crippen LogP contribution in [0, 0.1) is 0 Å². The molecule has 1 N–H and O–H groups in total. The zero-order chi connectivity index (χ0) is 24.5. The minimum Gasteiger partial charge on any atom is -0.389 e. The molecule has 200 valence electrons. The van der Waals surface area contributed by atoms with Crippen LogP contribution in [0.1, 0.15) is 162 Å². The molecule has 0 saturated carbocycles. The summed E-state index contributed by atoms with van der Waals surface area (Å²) in [6, 6.07) is 0. The average molecular weight is 478 g/mol. The molecule has 3 nitrogen and oxygen atoms in total. The quantitative estimate of drug-likeness (QED) is 0.105. The van der Waals surface area contributed by atoms with Crippen molar-refractivity contribution in [2.24, 2.45) is 0 Å². The molecule has 0 amide bonds. The summed E-state index contributed by atoms with van der Waals surface area (Å²) in [7, 11) is 0. The van der Waals surface area contributed by atoms with Gasteiger partial charge in [0.05, 0.1) is 12.6 Å². The third-order valence-corrected chi connectivity index (χ3v) is 7.33. The maximum Gasteiger partial charge on any atom is 0.243 e. The normalized spacial score (nSPS) is 12.4. The van der Waals surface area contributed by atoms with Crippen LogP contribution >= 0.6 is 0 Å². The van der Waals surface area contributed by atoms with Crippen LogP contribution in [0.3, 0.4) is 0 Å². The monoisotopic (exact) mass is 477 g/mol. The highest BCUT2D eigenvalue weighted by molar-refractivity contribution is 4.67. The molecule has 1 heterocycles. The highest BCUT2D eigenvalue weighted by Gasteiger charge is 2.10. The standard InChI is InChI=1S/C31H61N2O/c1-3-5-7-9-11-13-15-16-18-20-22-24-26-32-27-28-33(30-32)29-31(34)25-23-21-19-17-14-12-10-8-6-4-2/h27-28,30-31,34H,3-26,29H2,1-2H3/q+1/t31-/m1/s1. The number of unbranched alkanes of at least 4 members (excludes halogenated alkanes) is 20. The molecule has 1 aromatic rings. The summed E-state index contributed by atoms with van der Waals surface area (Å²) < 4.78 is 4.46. The average Bonchev–Trinajstić information content (AvgIpc) is 3.28. The van der Waals surface area contributed by atoms with Crippen LogP contribution in [0.5, 0.6) is 0 Å². The molecule has 0 spiro atoms. The van der Waals surface area contributed by atoms with Crippen LogP contribution in [0.15, 0.2) is 18.7 Å². The highest BCUT2D eigenvalue weighted by Crippen LogP contribution is 2.13. The molecule has 0 radical (unpaired) electrons. The van der Waals surface area contributed by atoms with Gasteiger partial charge in [0.1, 0.15) is 18.9 Å². The number of aryl methyl sites for hydroxylation is 1. The van der Waals surface area contributed by atoms with E-state index in [1.807, 2.05) is 0 Å². The number of imidazole rings is 1. The topological polar surface area (TPSA) is 29.0 Å². The van der Waals surface area contributed by atoms with E-state index in [1.165, 1.54) is 135 Å². The second-order valence-electron chi connectivity index (χ2n) is 10.9. The molecule has 1 atom stereocenters. The molecule has 3 heteroatoms. The van der Waals surface area contributed by atoms with Crippen molar-refractivity contribution in [1.82, 2.24) is 4.57 Å². The van der Waals surface area contributed by atoms with Gasteiger partial charge in [0.15, 0.2) is 0 Å². The summed E-state index contributed by atoms with van der Waals surface area (Å²) in [5.41, 5.74) is 0. The van der Waals surface area contributed by atoms with Gasteiger partial charge >= 0.3 is 0 Å². The Hall–Kier alpha value is -0.830. The first-order chi connectivity index (χ1) is 16.8. The van der Waals surface area contributed by atoms with E-state index in [9.17, 15) is 5.11 Å². The zero-order valence-corrected chi connectivity index (χ0v) is 23.3. The molecular weight excluding hydrogens is 416 g/mol. The van der Waals surface area contributed by atoms with Gasteiger partial charge in [-0.3, -0.25) is 0 Å². The Labute approximate surface area is 213 Å². The van der Waals surface area contributed by atoms with Crippen LogP contribution in [-0.2, 0) is 13.1 Å². The fourth-order valence-electron chi connectivity index (χ4n) is 5.02. The van der Waals surface area contributed by atoms with Crippen molar-refractivity contribution in [2.75, 3.05) is 0 Å². The molecular formula is C31H61N2O+. The van der Waals surface area contributed by atoms with Gasteiger partial charge in [-0.2, -0.15) is 0 Å². The lowest BCUT2D eigenvalue weighted by molar-refractivity contribution is -0.703. The summed E-state index contributed by atoms with van der Waals surface area (Å²) in [5.74, 6) is 0. The molecule has 0 aliphatic heterocycles. The van der Waals surface area contributed by atoms with E-state index in [4.69, 9.17) is 0 Å². The van der Waals surface area contributed by atoms with Crippen molar-refractivity contribution < 1.29 is 9.67 Å². The summed E-state index contributed by atoms with van der Waals surface area (Å²) >= 11 is 0. The molecule has 0 aliphatic rings. The van der Waals surface area contributed by atoms with Gasteiger partial charge in [0.2, 0.25) is 6.33 Å². The Morgan fingerprint density at radius 3 is 1.47 bits per heavy atom. The Morgan fingerprint density at radius 2 is 1.00 bits per heavy atom. The SMILES string of the molecule is CCCCCCCCCCCCCCn1cc[n+](C[C@H](O)CCCCCCCCCCCC)c1. The zero-order valence-electron chi connectivity index (χ0n) is 23.3. The van der Waals surface area contributed by atoms with Gasteiger partial charge < -0.3 is 5.11 Å². The lowest BCUT2D eigenvalue weighted by Gasteiger charge is -2.08. The van der Waals surface area contributed by atoms with Crippen LogP contribution in [0.2, 0.25) is 0 Å². The third-order valence-electron chi connectivity index (χ3n) is 7.33. The van der Waals surface area contributed by atoms with E-state index in [1.54, 1.807) is 0 Å². The molecule has 0 bridgehead atoms. The number of hydrogen-bond acceptors (Lipinski definition) is 1. The van der Waals surface area contributed by atoms with E-state index in [0.29, 0.717) is 0 Å². The predicted molar refractivity (Wildman–Crippen MR) is 148 cm³/mol. The first-order valence-electron chi connectivity index (χ1n) is 15.5. The number of nitrogens with zero attached hydrogens (tertiary/aromatic N) is 2. The van der Waals surface area contributed by atoms with Gasteiger partial charge in [-0.1, -0.05) is 142 Å². The lowest BCUT2D eigenvalue weighted by atomic mass is 10.0. The number of aliphatic hydroxyl groups excluding tert-OH is 1. The van der Waals surface area contributed by atoms with Crippen LogP contribution < -0.4 is 4.57 Å². The molecule has 0 saturated heterocycles. The second-order valence-corrected chi connectivity index (χ2v) is 10.9. The molecule has 34 heavy (non-hydrogen) atoms. The minimum absolute atomic E-state index is 0.207. The van der Waals surface area contributed by atoms with E-state index >= 15 is 0 Å². The Kier molecular flexibility index (Phi) is 21.9. The number of aliphatic hydroxyl groups is 1. The summed E-state index contributed by atoms with van der Waals surface area (Å²) in [6.45, 7) is 6.42. The second kappa shape index (κ2) is 23.9. The van der Waals surface area contributed by atoms with E-state index in [2.05, 4.69) is 41.7 Å². The van der Waals surface area contributed by atoms with Crippen molar-refractivity contribution >= 4 is 0 Å². The molecule has 0 aliphatic carbocycles. The van der Waals surface area contributed by atoms with Crippen molar-refractivity contribution in [3.8, 4) is 0 Å². The summed E-state index contributed by atoms with van der Waals surface area (Å²) in [6.07, 6.45) is 37.6. The van der Waals surface area contributed by atoms with Crippen molar-refractivity contribution in [1.29, 1.82) is 0 Å². The van der Waals surface area contributed by atoms with Crippen molar-refractivity contribution in [3.05, 3.63) is 18.7 Å². The Bertz CT molecular complexity index is 527. The van der Waals surface area contributed by atoms with Crippen LogP contribution in [0.25, 0.3) is 0 Å². The highest BCUT2D eigenvalue weighted by atomic mass is 16.3. The van der Waals surface area contributed by atoms with Gasteiger partial charge in [-0.05, 0) is 19.3 Å². The largest absolute Gasteiger partial charge is 0.389 e. The lowest BCUT2D eigenvalue weighted by Crippen LogP contribution is -2.38. The molecule has 0 unspecified atom stereocenters. The molecule has 1 aromatic heterocycles. The van der Waals surface area contributed by atoms with Gasteiger partial charge in [0.25, 0.3) is 0 Å². The molecule has 0 aromatic carbocycles. The predicted octanol–water partition coefficient (Wildman–Crippen LogP) is 9.15. The van der Waals surface area contributed by atoms with Crippen LogP contribution in [0.4, 0.5) is 0 Å². The maximum absolute atomic E-state index is 10.4. The smallest absolute Gasteiger partial charge is 0.243 e. The van der Waals surface area contributed by atoms with Crippen LogP contribution in [-0.4, -0.2) is 15.8 Å². The number of rotatable bonds is 26. The maximum atomic E-state index is 10.4. The molecule has 1 rings (SSSR count). The van der Waals surface area contributed by atoms with E-state index in [0.717, 1.165) is 25.9 Å². The van der Waals surface area contributed by atoms with Gasteiger partial charge in [-0.25, -0.2) is 9.13 Å². The van der Waals surface area contributed by atoms with Crippen molar-refractivity contribution in [3.63, 3.8) is 0 Å². The first kappa shape index (κ1) is 31.2. The Morgan fingerprint density at radius 1 is 0.588 bits per heavy atom. The summed E-state index contributed by atoms with van der Waals surface area (Å²) in [5, 5.41) is 10.4. The van der Waals surface area contributed by atoms with E-state index < -0.39 is 0 Å². The van der Waals surface area contributed by atoms with E-state index in [-0.39, 0.29) is 6.10 Å². The number of aromatic nitrogens is 2. The summed E-state index contributed by atoms with van der Waals surface area (Å²) in [4.78, 5) is 0. The third kappa shape index (κ3) is 19.5. The first-order valence-corrected chi connectivity index (χ1v) is 15.5. The minimum atomic E-state index is -0.207. The van der Waals surface area contributed by atoms with Crippen molar-refractivity contribution in [2.45, 2.75) is 181 Å². The van der Waals surface area contributed by atoms with Gasteiger partial charge in [-0.15, -0.1) is 0 Å². The number of hydrogen-bond donors (Lipinski definition) is 1. The fourth-order valence-corrected chi connectivity index (χ4v) is 5.02. The Balaban J connectivity index is 1.92. The fraction of sp³-hybridized carbons (Fsp3) is 0.903.